The van der Waals surface area contributed by atoms with E-state index in [2.05, 4.69) is 15.4 Å². The molecule has 2 rings (SSSR count). The van der Waals surface area contributed by atoms with Crippen molar-refractivity contribution in [1.29, 1.82) is 0 Å². The quantitative estimate of drug-likeness (QED) is 0.600. The molecule has 0 bridgehead atoms. The van der Waals surface area contributed by atoms with Gasteiger partial charge in [-0.1, -0.05) is 26.2 Å². The molecule has 1 aliphatic rings. The molecule has 1 aromatic carbocycles. The number of carbonyl (C=O) groups excluding carboxylic acids is 1. The van der Waals surface area contributed by atoms with E-state index in [1.54, 1.807) is 26.0 Å². The van der Waals surface area contributed by atoms with Crippen LogP contribution in [0, 0.1) is 6.92 Å². The highest BCUT2D eigenvalue weighted by atomic mass is 32.2. The first-order valence-corrected chi connectivity index (χ1v) is 10.7. The fraction of sp³-hybridized carbons (Fsp3) is 0.611. The summed E-state index contributed by atoms with van der Waals surface area (Å²) in [6.07, 6.45) is 5.69. The van der Waals surface area contributed by atoms with E-state index < -0.39 is 10.0 Å². The lowest BCUT2D eigenvalue weighted by atomic mass is 9.96. The highest BCUT2D eigenvalue weighted by Gasteiger charge is 2.16. The highest BCUT2D eigenvalue weighted by Crippen LogP contribution is 2.21. The minimum absolute atomic E-state index is 0.163. The number of hydrogen-bond acceptors (Lipinski definition) is 4. The molecule has 0 heterocycles. The van der Waals surface area contributed by atoms with Crippen LogP contribution < -0.4 is 20.1 Å². The number of amides is 2. The number of benzene rings is 1. The van der Waals surface area contributed by atoms with Gasteiger partial charge in [0.1, 0.15) is 12.4 Å². The van der Waals surface area contributed by atoms with Gasteiger partial charge in [0, 0.05) is 12.6 Å². The van der Waals surface area contributed by atoms with Crippen LogP contribution in [0.2, 0.25) is 0 Å². The van der Waals surface area contributed by atoms with E-state index >= 15 is 0 Å². The average molecular weight is 384 g/mol. The molecule has 2 amide bonds. The van der Waals surface area contributed by atoms with E-state index in [1.165, 1.54) is 25.3 Å². The summed E-state index contributed by atoms with van der Waals surface area (Å²) in [6, 6.07) is 4.85. The molecule has 0 atom stereocenters. The van der Waals surface area contributed by atoms with E-state index in [4.69, 9.17) is 4.74 Å². The second kappa shape index (κ2) is 9.78. The number of rotatable bonds is 8. The van der Waals surface area contributed by atoms with Crippen molar-refractivity contribution in [1.82, 2.24) is 15.4 Å². The van der Waals surface area contributed by atoms with Crippen LogP contribution in [0.1, 0.15) is 44.6 Å². The van der Waals surface area contributed by atoms with Crippen molar-refractivity contribution in [3.05, 3.63) is 23.8 Å². The van der Waals surface area contributed by atoms with E-state index in [1.807, 2.05) is 0 Å². The Bertz CT molecular complexity index is 700. The van der Waals surface area contributed by atoms with Gasteiger partial charge in [0.25, 0.3) is 0 Å². The van der Waals surface area contributed by atoms with Crippen molar-refractivity contribution in [2.75, 3.05) is 19.7 Å². The molecule has 1 saturated carbocycles. The molecule has 8 heteroatoms. The molecule has 26 heavy (non-hydrogen) atoms. The first-order valence-electron chi connectivity index (χ1n) is 9.20. The molecule has 0 unspecified atom stereocenters. The Kier molecular flexibility index (Phi) is 7.71. The second-order valence-electron chi connectivity index (χ2n) is 6.51. The van der Waals surface area contributed by atoms with Crippen LogP contribution in [0.4, 0.5) is 4.79 Å². The summed E-state index contributed by atoms with van der Waals surface area (Å²) in [5, 5.41) is 5.78. The number of ether oxygens (including phenoxy) is 1. The Balaban J connectivity index is 1.76. The maximum atomic E-state index is 12.0. The number of hydrogen-bond donors (Lipinski definition) is 3. The Morgan fingerprint density at radius 1 is 1.23 bits per heavy atom. The Morgan fingerprint density at radius 3 is 2.62 bits per heavy atom. The predicted molar refractivity (Wildman–Crippen MR) is 101 cm³/mol. The number of carbonyl (C=O) groups is 1. The molecule has 0 spiro atoms. The first kappa shape index (κ1) is 20.5. The first-order chi connectivity index (χ1) is 12.4. The monoisotopic (exact) mass is 383 g/mol. The van der Waals surface area contributed by atoms with Gasteiger partial charge in [-0.15, -0.1) is 0 Å². The highest BCUT2D eigenvalue weighted by molar-refractivity contribution is 7.89. The van der Waals surface area contributed by atoms with Gasteiger partial charge in [0.05, 0.1) is 11.4 Å². The van der Waals surface area contributed by atoms with Gasteiger partial charge in [-0.25, -0.2) is 17.9 Å². The smallest absolute Gasteiger partial charge is 0.315 e. The predicted octanol–water partition coefficient (Wildman–Crippen LogP) is 2.30. The SMILES string of the molecule is CCNS(=O)(=O)c1ccc(OCCNC(=O)NC2CCCCC2)c(C)c1. The summed E-state index contributed by atoms with van der Waals surface area (Å²) in [7, 11) is -3.47. The second-order valence-corrected chi connectivity index (χ2v) is 8.28. The lowest BCUT2D eigenvalue weighted by Gasteiger charge is -2.22. The standard InChI is InChI=1S/C18H29N3O4S/c1-3-20-26(23,24)16-9-10-17(14(2)13-16)25-12-11-19-18(22)21-15-7-5-4-6-8-15/h9-10,13,15,20H,3-8,11-12H2,1-2H3,(H2,19,21,22). The zero-order valence-electron chi connectivity index (χ0n) is 15.5. The summed E-state index contributed by atoms with van der Waals surface area (Å²) < 4.78 is 32.1. The number of aryl methyl sites for hydroxylation is 1. The van der Waals surface area contributed by atoms with Crippen LogP contribution >= 0.6 is 0 Å². The summed E-state index contributed by atoms with van der Waals surface area (Å²) in [4.78, 5) is 12.1. The maximum Gasteiger partial charge on any atom is 0.315 e. The van der Waals surface area contributed by atoms with Crippen molar-refractivity contribution in [3.8, 4) is 5.75 Å². The molecule has 3 N–H and O–H groups in total. The summed E-state index contributed by atoms with van der Waals surface area (Å²) >= 11 is 0. The van der Waals surface area contributed by atoms with Crippen LogP contribution in [-0.4, -0.2) is 40.2 Å². The zero-order valence-corrected chi connectivity index (χ0v) is 16.3. The van der Waals surface area contributed by atoms with Gasteiger partial charge in [-0.2, -0.15) is 0 Å². The van der Waals surface area contributed by atoms with Crippen molar-refractivity contribution in [3.63, 3.8) is 0 Å². The van der Waals surface area contributed by atoms with E-state index in [-0.39, 0.29) is 17.0 Å². The van der Waals surface area contributed by atoms with Gasteiger partial charge in [-0.3, -0.25) is 0 Å². The van der Waals surface area contributed by atoms with Gasteiger partial charge in [-0.05, 0) is 43.5 Å². The number of urea groups is 1. The molecule has 146 valence electrons. The van der Waals surface area contributed by atoms with E-state index in [0.717, 1.165) is 18.4 Å². The summed E-state index contributed by atoms with van der Waals surface area (Å²) in [6.45, 7) is 4.57. The lowest BCUT2D eigenvalue weighted by Crippen LogP contribution is -2.44. The Labute approximate surface area is 155 Å². The summed E-state index contributed by atoms with van der Waals surface area (Å²) in [5.74, 6) is 0.606. The molecule has 0 saturated heterocycles. The van der Waals surface area contributed by atoms with Crippen LogP contribution in [0.15, 0.2) is 23.1 Å². The third-order valence-electron chi connectivity index (χ3n) is 4.38. The van der Waals surface area contributed by atoms with Gasteiger partial charge >= 0.3 is 6.03 Å². The number of sulfonamides is 1. The fourth-order valence-corrected chi connectivity index (χ4v) is 4.16. The van der Waals surface area contributed by atoms with Crippen molar-refractivity contribution in [2.45, 2.75) is 56.9 Å². The molecule has 1 aromatic rings. The van der Waals surface area contributed by atoms with Crippen LogP contribution in [0.5, 0.6) is 5.75 Å². The van der Waals surface area contributed by atoms with Crippen molar-refractivity contribution in [2.24, 2.45) is 0 Å². The number of nitrogens with one attached hydrogen (secondary N) is 3. The third kappa shape index (κ3) is 6.17. The Hall–Kier alpha value is -1.80. The normalized spacial score (nSPS) is 15.5. The maximum absolute atomic E-state index is 12.0. The molecule has 0 radical (unpaired) electrons. The molecular formula is C18H29N3O4S. The minimum atomic E-state index is -3.47. The van der Waals surface area contributed by atoms with Gasteiger partial charge in [0.2, 0.25) is 10.0 Å². The third-order valence-corrected chi connectivity index (χ3v) is 5.92. The van der Waals surface area contributed by atoms with Crippen LogP contribution in [-0.2, 0) is 10.0 Å². The van der Waals surface area contributed by atoms with E-state index in [0.29, 0.717) is 25.4 Å². The van der Waals surface area contributed by atoms with Crippen LogP contribution in [0.3, 0.4) is 0 Å². The van der Waals surface area contributed by atoms with E-state index in [9.17, 15) is 13.2 Å². The molecule has 0 aliphatic heterocycles. The molecule has 1 fully saturated rings. The average Bonchev–Trinajstić information content (AvgIpc) is 2.60. The largest absolute Gasteiger partial charge is 0.491 e. The zero-order chi connectivity index (χ0) is 19.0. The van der Waals surface area contributed by atoms with Crippen molar-refractivity contribution < 1.29 is 17.9 Å². The minimum Gasteiger partial charge on any atom is -0.491 e. The topological polar surface area (TPSA) is 96.5 Å². The van der Waals surface area contributed by atoms with Crippen molar-refractivity contribution >= 4 is 16.1 Å². The summed E-state index contributed by atoms with van der Waals surface area (Å²) in [5.41, 5.74) is 0.732. The van der Waals surface area contributed by atoms with Gasteiger partial charge < -0.3 is 15.4 Å². The molecule has 7 nitrogen and oxygen atoms in total. The fourth-order valence-electron chi connectivity index (χ4n) is 3.03. The van der Waals surface area contributed by atoms with Gasteiger partial charge in [0.15, 0.2) is 0 Å². The Morgan fingerprint density at radius 2 is 1.96 bits per heavy atom. The van der Waals surface area contributed by atoms with Crippen LogP contribution in [0.25, 0.3) is 0 Å². The molecule has 0 aromatic heterocycles. The lowest BCUT2D eigenvalue weighted by molar-refractivity contribution is 0.228. The molecular weight excluding hydrogens is 354 g/mol. The molecule has 1 aliphatic carbocycles.